The number of nitrogens with two attached hydrogens (primary N) is 1. The zero-order valence-corrected chi connectivity index (χ0v) is 13.4. The van der Waals surface area contributed by atoms with Crippen molar-refractivity contribution in [1.29, 1.82) is 0 Å². The second kappa shape index (κ2) is 7.83. The summed E-state index contributed by atoms with van der Waals surface area (Å²) < 4.78 is 31.9. The van der Waals surface area contributed by atoms with Gasteiger partial charge in [0, 0.05) is 13.2 Å². The van der Waals surface area contributed by atoms with Crippen LogP contribution in [0, 0.1) is 6.92 Å². The predicted molar refractivity (Wildman–Crippen MR) is 81.5 cm³/mol. The van der Waals surface area contributed by atoms with Gasteiger partial charge in [0.2, 0.25) is 10.0 Å². The maximum absolute atomic E-state index is 12.1. The molecule has 0 aliphatic carbocycles. The number of nitrogen functional groups attached to an aromatic ring is 1. The molecule has 20 heavy (non-hydrogen) atoms. The van der Waals surface area contributed by atoms with Crippen LogP contribution in [-0.2, 0) is 14.8 Å². The Hall–Kier alpha value is -0.820. The molecule has 0 heterocycles. The van der Waals surface area contributed by atoms with Gasteiger partial charge in [-0.25, -0.2) is 13.1 Å². The summed E-state index contributed by atoms with van der Waals surface area (Å²) >= 11 is 5.91. The van der Waals surface area contributed by atoms with Crippen molar-refractivity contribution in [2.75, 3.05) is 25.5 Å². The number of ether oxygens (including phenoxy) is 1. The summed E-state index contributed by atoms with van der Waals surface area (Å²) in [4.78, 5) is 0.116. The van der Waals surface area contributed by atoms with Crippen LogP contribution in [0.4, 0.5) is 5.69 Å². The van der Waals surface area contributed by atoms with Gasteiger partial charge < -0.3 is 10.5 Å². The Balaban J connectivity index is 2.61. The summed E-state index contributed by atoms with van der Waals surface area (Å²) in [6.45, 7) is 5.01. The summed E-state index contributed by atoms with van der Waals surface area (Å²) in [5.74, 6) is 0. The molecule has 1 rings (SSSR count). The molecule has 1 aromatic carbocycles. The van der Waals surface area contributed by atoms with Gasteiger partial charge in [0.25, 0.3) is 0 Å². The summed E-state index contributed by atoms with van der Waals surface area (Å²) in [6, 6.07) is 2.86. The first kappa shape index (κ1) is 17.2. The number of aryl methyl sites for hydroxylation is 1. The minimum absolute atomic E-state index is 0.116. The Morgan fingerprint density at radius 1 is 1.35 bits per heavy atom. The van der Waals surface area contributed by atoms with E-state index in [-0.39, 0.29) is 17.1 Å². The molecule has 0 aliphatic rings. The van der Waals surface area contributed by atoms with E-state index in [2.05, 4.69) is 11.6 Å². The van der Waals surface area contributed by atoms with Gasteiger partial charge in [0.1, 0.15) is 0 Å². The molecule has 0 saturated heterocycles. The molecule has 5 nitrogen and oxygen atoms in total. The summed E-state index contributed by atoms with van der Waals surface area (Å²) in [5, 5.41) is 0.381. The van der Waals surface area contributed by atoms with E-state index in [1.807, 2.05) is 0 Å². The number of hydrogen-bond donors (Lipinski definition) is 2. The molecule has 0 aromatic heterocycles. The van der Waals surface area contributed by atoms with E-state index in [1.165, 1.54) is 12.1 Å². The van der Waals surface area contributed by atoms with Crippen LogP contribution in [0.25, 0.3) is 0 Å². The average molecular weight is 321 g/mol. The largest absolute Gasteiger partial charge is 0.397 e. The summed E-state index contributed by atoms with van der Waals surface area (Å²) in [6.07, 6.45) is 2.02. The van der Waals surface area contributed by atoms with Gasteiger partial charge in [0.15, 0.2) is 0 Å². The van der Waals surface area contributed by atoms with E-state index in [0.717, 1.165) is 12.8 Å². The number of benzene rings is 1. The van der Waals surface area contributed by atoms with Crippen molar-refractivity contribution >= 4 is 27.3 Å². The molecular formula is C13H21ClN2O3S. The van der Waals surface area contributed by atoms with Crippen LogP contribution in [0.2, 0.25) is 5.02 Å². The van der Waals surface area contributed by atoms with Crippen molar-refractivity contribution in [3.63, 3.8) is 0 Å². The van der Waals surface area contributed by atoms with Crippen LogP contribution in [0.1, 0.15) is 25.3 Å². The van der Waals surface area contributed by atoms with Crippen LogP contribution in [-0.4, -0.2) is 28.2 Å². The predicted octanol–water partition coefficient (Wildman–Crippen LogP) is 2.33. The molecule has 0 radical (unpaired) electrons. The van der Waals surface area contributed by atoms with Crippen LogP contribution < -0.4 is 10.5 Å². The quantitative estimate of drug-likeness (QED) is 0.569. The third-order valence-corrected chi connectivity index (χ3v) is 4.70. The fourth-order valence-electron chi connectivity index (χ4n) is 1.60. The number of nitrogens with one attached hydrogen (secondary N) is 1. The summed E-state index contributed by atoms with van der Waals surface area (Å²) in [7, 11) is -3.58. The number of sulfonamides is 1. The van der Waals surface area contributed by atoms with Gasteiger partial charge in [-0.15, -0.1) is 0 Å². The molecule has 1 aromatic rings. The Morgan fingerprint density at radius 3 is 2.65 bits per heavy atom. The van der Waals surface area contributed by atoms with Crippen molar-refractivity contribution in [1.82, 2.24) is 4.72 Å². The Bertz CT molecular complexity index is 524. The normalized spacial score (nSPS) is 11.8. The summed E-state index contributed by atoms with van der Waals surface area (Å²) in [5.41, 5.74) is 6.57. The van der Waals surface area contributed by atoms with Crippen LogP contribution in [0.5, 0.6) is 0 Å². The second-order valence-electron chi connectivity index (χ2n) is 4.51. The zero-order chi connectivity index (χ0) is 15.2. The fourth-order valence-corrected chi connectivity index (χ4v) is 2.84. The van der Waals surface area contributed by atoms with Gasteiger partial charge in [-0.3, -0.25) is 0 Å². The van der Waals surface area contributed by atoms with Crippen molar-refractivity contribution in [3.05, 3.63) is 22.7 Å². The van der Waals surface area contributed by atoms with E-state index in [1.54, 1.807) is 6.92 Å². The highest BCUT2D eigenvalue weighted by Crippen LogP contribution is 2.26. The second-order valence-corrected chi connectivity index (χ2v) is 6.65. The van der Waals surface area contributed by atoms with E-state index in [4.69, 9.17) is 22.1 Å². The van der Waals surface area contributed by atoms with E-state index < -0.39 is 10.0 Å². The van der Waals surface area contributed by atoms with E-state index in [0.29, 0.717) is 23.8 Å². The highest BCUT2D eigenvalue weighted by Gasteiger charge is 2.16. The maximum atomic E-state index is 12.1. The van der Waals surface area contributed by atoms with E-state index >= 15 is 0 Å². The highest BCUT2D eigenvalue weighted by molar-refractivity contribution is 7.89. The molecule has 114 valence electrons. The van der Waals surface area contributed by atoms with Gasteiger partial charge >= 0.3 is 0 Å². The molecule has 7 heteroatoms. The Kier molecular flexibility index (Phi) is 6.75. The fraction of sp³-hybridized carbons (Fsp3) is 0.538. The van der Waals surface area contributed by atoms with Crippen LogP contribution >= 0.6 is 11.6 Å². The van der Waals surface area contributed by atoms with Crippen LogP contribution in [0.15, 0.2) is 17.0 Å². The number of unbranched alkanes of at least 4 members (excludes halogenated alkanes) is 1. The lowest BCUT2D eigenvalue weighted by Gasteiger charge is -2.10. The minimum atomic E-state index is -3.58. The monoisotopic (exact) mass is 320 g/mol. The van der Waals surface area contributed by atoms with Crippen LogP contribution in [0.3, 0.4) is 0 Å². The van der Waals surface area contributed by atoms with Crippen molar-refractivity contribution in [2.45, 2.75) is 31.6 Å². The molecule has 0 spiro atoms. The molecular weight excluding hydrogens is 300 g/mol. The smallest absolute Gasteiger partial charge is 0.240 e. The lowest BCUT2D eigenvalue weighted by molar-refractivity contribution is 0.136. The van der Waals surface area contributed by atoms with Crippen molar-refractivity contribution in [2.24, 2.45) is 0 Å². The molecule has 0 aliphatic heterocycles. The number of hydrogen-bond acceptors (Lipinski definition) is 4. The van der Waals surface area contributed by atoms with Crippen molar-refractivity contribution < 1.29 is 13.2 Å². The zero-order valence-electron chi connectivity index (χ0n) is 11.8. The first-order chi connectivity index (χ1) is 9.38. The Labute approximate surface area is 125 Å². The lowest BCUT2D eigenvalue weighted by atomic mass is 10.2. The molecule has 0 bridgehead atoms. The number of rotatable bonds is 8. The highest BCUT2D eigenvalue weighted by atomic mass is 35.5. The Morgan fingerprint density at radius 2 is 2.05 bits per heavy atom. The number of halogens is 1. The molecule has 0 amide bonds. The molecule has 0 unspecified atom stereocenters. The van der Waals surface area contributed by atoms with Gasteiger partial charge in [-0.1, -0.05) is 24.9 Å². The third kappa shape index (κ3) is 4.94. The standard InChI is InChI=1S/C13H21ClN2O3S/c1-3-4-6-19-7-5-16-20(17,18)11-8-10(2)13(14)12(15)9-11/h8-9,16H,3-7,15H2,1-2H3. The molecule has 3 N–H and O–H groups in total. The average Bonchev–Trinajstić information content (AvgIpc) is 2.39. The van der Waals surface area contributed by atoms with Gasteiger partial charge in [-0.05, 0) is 31.0 Å². The first-order valence-corrected chi connectivity index (χ1v) is 8.37. The first-order valence-electron chi connectivity index (χ1n) is 6.51. The topological polar surface area (TPSA) is 81.4 Å². The van der Waals surface area contributed by atoms with E-state index in [9.17, 15) is 8.42 Å². The van der Waals surface area contributed by atoms with Crippen molar-refractivity contribution in [3.8, 4) is 0 Å². The minimum Gasteiger partial charge on any atom is -0.397 e. The maximum Gasteiger partial charge on any atom is 0.240 e. The SMILES string of the molecule is CCCCOCCNS(=O)(=O)c1cc(C)c(Cl)c(N)c1. The third-order valence-electron chi connectivity index (χ3n) is 2.75. The van der Waals surface area contributed by atoms with Gasteiger partial charge in [-0.2, -0.15) is 0 Å². The molecule has 0 fully saturated rings. The molecule has 0 atom stereocenters. The number of anilines is 1. The molecule has 0 saturated carbocycles. The van der Waals surface area contributed by atoms with Gasteiger partial charge in [0.05, 0.1) is 22.2 Å². The lowest BCUT2D eigenvalue weighted by Crippen LogP contribution is -2.27.